The molecular weight excluding hydrogens is 254 g/mol. The zero-order chi connectivity index (χ0) is 13.8. The first-order chi connectivity index (χ1) is 8.32. The summed E-state index contributed by atoms with van der Waals surface area (Å²) in [7, 11) is -0.402. The second-order valence-corrected chi connectivity index (χ2v) is 6.15. The molecule has 0 saturated carbocycles. The summed E-state index contributed by atoms with van der Waals surface area (Å²) in [4.78, 5) is 3.96. The lowest BCUT2D eigenvalue weighted by Crippen LogP contribution is -2.39. The molecule has 0 aliphatic carbocycles. The Morgan fingerprint density at radius 3 is 2.67 bits per heavy atom. The number of hydrogen-bond acceptors (Lipinski definition) is 5. The fourth-order valence-corrected chi connectivity index (χ4v) is 2.57. The Hall–Kier alpha value is -1.18. The second kappa shape index (κ2) is 5.64. The van der Waals surface area contributed by atoms with Crippen LogP contribution in [0, 0.1) is 0 Å². The Bertz CT molecular complexity index is 500. The fourth-order valence-electron chi connectivity index (χ4n) is 1.22. The largest absolute Gasteiger partial charge is 0.387 e. The van der Waals surface area contributed by atoms with Crippen LogP contribution in [-0.2, 0) is 14.8 Å². The standard InChI is InChI=1S/C11H19N3O3S/c1-11(2,17-4)8-14-18(15,16)10-7-13-6-5-9(10)12-3/h5-7,14H,8H2,1-4H3,(H,12,13). The van der Waals surface area contributed by atoms with Gasteiger partial charge in [-0.2, -0.15) is 0 Å². The van der Waals surface area contributed by atoms with Gasteiger partial charge in [-0.15, -0.1) is 0 Å². The number of methoxy groups -OCH3 is 1. The van der Waals surface area contributed by atoms with Crippen molar-refractivity contribution in [1.82, 2.24) is 9.71 Å². The van der Waals surface area contributed by atoms with Crippen LogP contribution < -0.4 is 10.0 Å². The molecule has 0 spiro atoms. The van der Waals surface area contributed by atoms with E-state index >= 15 is 0 Å². The van der Waals surface area contributed by atoms with E-state index in [-0.39, 0.29) is 11.4 Å². The van der Waals surface area contributed by atoms with Gasteiger partial charge >= 0.3 is 0 Å². The number of aromatic nitrogens is 1. The lowest BCUT2D eigenvalue weighted by Gasteiger charge is -2.23. The molecule has 1 rings (SSSR count). The molecule has 1 aromatic heterocycles. The van der Waals surface area contributed by atoms with Gasteiger partial charge in [-0.25, -0.2) is 13.1 Å². The molecular formula is C11H19N3O3S. The number of pyridine rings is 1. The molecule has 1 aromatic rings. The zero-order valence-corrected chi connectivity index (χ0v) is 11.8. The van der Waals surface area contributed by atoms with Gasteiger partial charge in [0, 0.05) is 33.1 Å². The van der Waals surface area contributed by atoms with Gasteiger partial charge in [-0.1, -0.05) is 0 Å². The van der Waals surface area contributed by atoms with Crippen molar-refractivity contribution < 1.29 is 13.2 Å². The van der Waals surface area contributed by atoms with E-state index in [1.165, 1.54) is 19.5 Å². The summed E-state index contributed by atoms with van der Waals surface area (Å²) >= 11 is 0. The summed E-state index contributed by atoms with van der Waals surface area (Å²) < 4.78 is 31.9. The number of sulfonamides is 1. The summed E-state index contributed by atoms with van der Waals surface area (Å²) in [5.74, 6) is 0. The minimum atomic E-state index is -3.60. The molecule has 0 aliphatic heterocycles. The Labute approximate surface area is 108 Å². The number of anilines is 1. The normalized spacial score (nSPS) is 12.4. The van der Waals surface area contributed by atoms with E-state index < -0.39 is 15.6 Å². The number of nitrogens with one attached hydrogen (secondary N) is 2. The van der Waals surface area contributed by atoms with Crippen molar-refractivity contribution in [2.24, 2.45) is 0 Å². The van der Waals surface area contributed by atoms with Crippen LogP contribution in [0.4, 0.5) is 5.69 Å². The molecule has 0 atom stereocenters. The van der Waals surface area contributed by atoms with Crippen molar-refractivity contribution in [2.75, 3.05) is 26.0 Å². The number of ether oxygens (including phenoxy) is 1. The molecule has 102 valence electrons. The third kappa shape index (κ3) is 3.66. The third-order valence-corrected chi connectivity index (χ3v) is 4.01. The van der Waals surface area contributed by atoms with Crippen molar-refractivity contribution >= 4 is 15.7 Å². The molecule has 7 heteroatoms. The van der Waals surface area contributed by atoms with Crippen LogP contribution in [0.15, 0.2) is 23.4 Å². The lowest BCUT2D eigenvalue weighted by atomic mass is 10.1. The fraction of sp³-hybridized carbons (Fsp3) is 0.545. The predicted octanol–water partition coefficient (Wildman–Crippen LogP) is 0.827. The van der Waals surface area contributed by atoms with Crippen LogP contribution in [0.5, 0.6) is 0 Å². The first-order valence-corrected chi connectivity index (χ1v) is 6.97. The number of hydrogen-bond donors (Lipinski definition) is 2. The molecule has 18 heavy (non-hydrogen) atoms. The smallest absolute Gasteiger partial charge is 0.244 e. The highest BCUT2D eigenvalue weighted by molar-refractivity contribution is 7.89. The van der Waals surface area contributed by atoms with Gasteiger partial charge in [0.05, 0.1) is 11.3 Å². The van der Waals surface area contributed by atoms with Crippen LogP contribution >= 0.6 is 0 Å². The first kappa shape index (κ1) is 14.9. The van der Waals surface area contributed by atoms with Gasteiger partial charge in [0.25, 0.3) is 0 Å². The molecule has 0 fully saturated rings. The molecule has 1 heterocycles. The molecule has 0 aromatic carbocycles. The van der Waals surface area contributed by atoms with Gasteiger partial charge < -0.3 is 10.1 Å². The maximum atomic E-state index is 12.1. The van der Waals surface area contributed by atoms with E-state index in [4.69, 9.17) is 4.74 Å². The van der Waals surface area contributed by atoms with Crippen LogP contribution in [0.2, 0.25) is 0 Å². The van der Waals surface area contributed by atoms with Crippen molar-refractivity contribution in [3.63, 3.8) is 0 Å². The van der Waals surface area contributed by atoms with E-state index in [1.807, 2.05) is 0 Å². The number of nitrogens with zero attached hydrogens (tertiary/aromatic N) is 1. The highest BCUT2D eigenvalue weighted by atomic mass is 32.2. The monoisotopic (exact) mass is 273 g/mol. The highest BCUT2D eigenvalue weighted by Crippen LogP contribution is 2.19. The Morgan fingerprint density at radius 2 is 2.11 bits per heavy atom. The van der Waals surface area contributed by atoms with Gasteiger partial charge in [-0.3, -0.25) is 4.98 Å². The quantitative estimate of drug-likeness (QED) is 0.802. The summed E-state index contributed by atoms with van der Waals surface area (Å²) in [5, 5.41) is 2.82. The summed E-state index contributed by atoms with van der Waals surface area (Å²) in [6.07, 6.45) is 2.85. The van der Waals surface area contributed by atoms with Gasteiger partial charge in [0.15, 0.2) is 0 Å². The first-order valence-electron chi connectivity index (χ1n) is 5.49. The van der Waals surface area contributed by atoms with Crippen LogP contribution in [0.1, 0.15) is 13.8 Å². The average Bonchev–Trinajstić information content (AvgIpc) is 2.37. The Kier molecular flexibility index (Phi) is 4.66. The topological polar surface area (TPSA) is 80.3 Å². The zero-order valence-electron chi connectivity index (χ0n) is 11.0. The van der Waals surface area contributed by atoms with Crippen molar-refractivity contribution in [1.29, 1.82) is 0 Å². The molecule has 0 bridgehead atoms. The minimum absolute atomic E-state index is 0.124. The summed E-state index contributed by atoms with van der Waals surface area (Å²) in [6, 6.07) is 1.61. The van der Waals surface area contributed by atoms with Crippen molar-refractivity contribution in [3.05, 3.63) is 18.5 Å². The lowest BCUT2D eigenvalue weighted by molar-refractivity contribution is 0.0276. The molecule has 0 radical (unpaired) electrons. The maximum Gasteiger partial charge on any atom is 0.244 e. The molecule has 0 unspecified atom stereocenters. The average molecular weight is 273 g/mol. The highest BCUT2D eigenvalue weighted by Gasteiger charge is 2.23. The van der Waals surface area contributed by atoms with Crippen molar-refractivity contribution in [3.8, 4) is 0 Å². The van der Waals surface area contributed by atoms with E-state index in [0.29, 0.717) is 5.69 Å². The van der Waals surface area contributed by atoms with E-state index in [2.05, 4.69) is 15.0 Å². The SMILES string of the molecule is CNc1ccncc1S(=O)(=O)NCC(C)(C)OC. The van der Waals surface area contributed by atoms with Crippen LogP contribution in [0.25, 0.3) is 0 Å². The third-order valence-electron chi connectivity index (χ3n) is 2.58. The molecule has 2 N–H and O–H groups in total. The Morgan fingerprint density at radius 1 is 1.44 bits per heavy atom. The number of rotatable bonds is 6. The van der Waals surface area contributed by atoms with Crippen LogP contribution in [-0.4, -0.2) is 39.7 Å². The van der Waals surface area contributed by atoms with Gasteiger partial charge in [0.1, 0.15) is 4.90 Å². The predicted molar refractivity (Wildman–Crippen MR) is 70.1 cm³/mol. The van der Waals surface area contributed by atoms with Gasteiger partial charge in [0.2, 0.25) is 10.0 Å². The van der Waals surface area contributed by atoms with E-state index in [1.54, 1.807) is 27.0 Å². The van der Waals surface area contributed by atoms with Crippen LogP contribution in [0.3, 0.4) is 0 Å². The molecule has 6 nitrogen and oxygen atoms in total. The second-order valence-electron chi connectivity index (χ2n) is 4.41. The molecule has 0 saturated heterocycles. The van der Waals surface area contributed by atoms with Crippen molar-refractivity contribution in [2.45, 2.75) is 24.3 Å². The molecule has 0 aliphatic rings. The summed E-state index contributed by atoms with van der Waals surface area (Å²) in [6.45, 7) is 3.79. The minimum Gasteiger partial charge on any atom is -0.387 e. The summed E-state index contributed by atoms with van der Waals surface area (Å²) in [5.41, 5.74) is -0.0533. The Balaban J connectivity index is 2.94. The van der Waals surface area contributed by atoms with Gasteiger partial charge in [-0.05, 0) is 19.9 Å². The molecule has 0 amide bonds. The van der Waals surface area contributed by atoms with E-state index in [0.717, 1.165) is 0 Å². The van der Waals surface area contributed by atoms with E-state index in [9.17, 15) is 8.42 Å². The maximum absolute atomic E-state index is 12.1.